The molecular formula is C16H15N3O2. The Morgan fingerprint density at radius 2 is 1.62 bits per heavy atom. The first-order chi connectivity index (χ1) is 10.3. The van der Waals surface area contributed by atoms with Crippen molar-refractivity contribution >= 4 is 0 Å². The van der Waals surface area contributed by atoms with Gasteiger partial charge < -0.3 is 9.47 Å². The van der Waals surface area contributed by atoms with Crippen molar-refractivity contribution in [1.29, 1.82) is 0 Å². The largest absolute Gasteiger partial charge is 0.497 e. The Morgan fingerprint density at radius 3 is 2.19 bits per heavy atom. The molecule has 1 heterocycles. The Morgan fingerprint density at radius 1 is 0.952 bits per heavy atom. The number of methoxy groups -OCH3 is 1. The first-order valence-electron chi connectivity index (χ1n) is 6.57. The van der Waals surface area contributed by atoms with Crippen LogP contribution >= 0.6 is 0 Å². The summed E-state index contributed by atoms with van der Waals surface area (Å²) in [5.41, 5.74) is 3.39. The third-order valence-corrected chi connectivity index (χ3v) is 3.16. The van der Waals surface area contributed by atoms with Crippen molar-refractivity contribution in [2.45, 2.75) is 6.61 Å². The molecule has 5 nitrogen and oxygen atoms in total. The van der Waals surface area contributed by atoms with Crippen molar-refractivity contribution in [3.8, 4) is 22.8 Å². The fourth-order valence-corrected chi connectivity index (χ4v) is 1.99. The summed E-state index contributed by atoms with van der Waals surface area (Å²) in [6.07, 6.45) is 1.55. The molecule has 0 atom stereocenters. The number of hydrogen-bond donors (Lipinski definition) is 1. The maximum atomic E-state index is 5.49. The standard InChI is InChI=1S/C16H15N3O2/c1-20-15-8-6-14(7-9-15)13-4-2-12(3-5-13)11-21-16-10-17-19-18-16/h2-10H,11H2,1H3,(H,17,18,19). The molecule has 3 rings (SSSR count). The fraction of sp³-hybridized carbons (Fsp3) is 0.125. The molecule has 1 N–H and O–H groups in total. The van der Waals surface area contributed by atoms with Crippen LogP contribution in [-0.4, -0.2) is 22.5 Å². The van der Waals surface area contributed by atoms with Crippen LogP contribution in [-0.2, 0) is 6.61 Å². The third kappa shape index (κ3) is 3.20. The van der Waals surface area contributed by atoms with E-state index in [-0.39, 0.29) is 0 Å². The zero-order valence-electron chi connectivity index (χ0n) is 11.6. The van der Waals surface area contributed by atoms with Gasteiger partial charge in [-0.2, -0.15) is 10.3 Å². The third-order valence-electron chi connectivity index (χ3n) is 3.16. The lowest BCUT2D eigenvalue weighted by atomic mass is 10.0. The zero-order chi connectivity index (χ0) is 14.5. The fourth-order valence-electron chi connectivity index (χ4n) is 1.99. The van der Waals surface area contributed by atoms with Crippen molar-refractivity contribution in [2.24, 2.45) is 0 Å². The van der Waals surface area contributed by atoms with Gasteiger partial charge in [0.15, 0.2) is 0 Å². The van der Waals surface area contributed by atoms with Crippen LogP contribution in [0.2, 0.25) is 0 Å². The molecule has 0 amide bonds. The van der Waals surface area contributed by atoms with Crippen LogP contribution < -0.4 is 9.47 Å². The van der Waals surface area contributed by atoms with E-state index in [2.05, 4.69) is 27.5 Å². The minimum Gasteiger partial charge on any atom is -0.497 e. The second kappa shape index (κ2) is 6.09. The molecule has 0 spiro atoms. The summed E-state index contributed by atoms with van der Waals surface area (Å²) in [6.45, 7) is 0.468. The number of ether oxygens (including phenoxy) is 2. The van der Waals surface area contributed by atoms with Crippen molar-refractivity contribution in [3.63, 3.8) is 0 Å². The van der Waals surface area contributed by atoms with Crippen molar-refractivity contribution in [2.75, 3.05) is 7.11 Å². The molecule has 21 heavy (non-hydrogen) atoms. The Bertz CT molecular complexity index is 677. The van der Waals surface area contributed by atoms with E-state index in [4.69, 9.17) is 9.47 Å². The van der Waals surface area contributed by atoms with Gasteiger partial charge in [-0.25, -0.2) is 0 Å². The molecule has 0 unspecified atom stereocenters. The van der Waals surface area contributed by atoms with E-state index in [1.165, 1.54) is 0 Å². The van der Waals surface area contributed by atoms with Crippen LogP contribution in [0.5, 0.6) is 11.6 Å². The van der Waals surface area contributed by atoms with Crippen LogP contribution in [0.15, 0.2) is 54.7 Å². The zero-order valence-corrected chi connectivity index (χ0v) is 11.6. The van der Waals surface area contributed by atoms with Gasteiger partial charge in [0.1, 0.15) is 18.6 Å². The van der Waals surface area contributed by atoms with Crippen molar-refractivity contribution in [1.82, 2.24) is 15.4 Å². The summed E-state index contributed by atoms with van der Waals surface area (Å²) < 4.78 is 10.6. The van der Waals surface area contributed by atoms with Crippen LogP contribution in [0.25, 0.3) is 11.1 Å². The molecule has 0 aliphatic rings. The molecular weight excluding hydrogens is 266 g/mol. The van der Waals surface area contributed by atoms with Gasteiger partial charge in [-0.3, -0.25) is 0 Å². The van der Waals surface area contributed by atoms with Crippen LogP contribution in [0.1, 0.15) is 5.56 Å². The minimum atomic E-state index is 0.468. The molecule has 0 saturated carbocycles. The second-order valence-electron chi connectivity index (χ2n) is 4.52. The molecule has 1 aromatic heterocycles. The van der Waals surface area contributed by atoms with Gasteiger partial charge in [-0.1, -0.05) is 36.4 Å². The Kier molecular flexibility index (Phi) is 3.82. The van der Waals surface area contributed by atoms with E-state index in [9.17, 15) is 0 Å². The minimum absolute atomic E-state index is 0.468. The summed E-state index contributed by atoms with van der Waals surface area (Å²) in [6, 6.07) is 16.2. The van der Waals surface area contributed by atoms with Crippen LogP contribution in [0, 0.1) is 0 Å². The van der Waals surface area contributed by atoms with Gasteiger partial charge in [-0.05, 0) is 28.8 Å². The van der Waals surface area contributed by atoms with Gasteiger partial charge in [-0.15, -0.1) is 5.10 Å². The topological polar surface area (TPSA) is 60.0 Å². The Hall–Kier alpha value is -2.82. The molecule has 3 aromatic rings. The van der Waals surface area contributed by atoms with Gasteiger partial charge >= 0.3 is 0 Å². The summed E-state index contributed by atoms with van der Waals surface area (Å²) in [5, 5.41) is 10.0. The molecule has 0 fully saturated rings. The number of rotatable bonds is 5. The SMILES string of the molecule is COc1ccc(-c2ccc(COc3cn[nH]n3)cc2)cc1. The normalized spacial score (nSPS) is 10.3. The lowest BCUT2D eigenvalue weighted by Gasteiger charge is -2.06. The smallest absolute Gasteiger partial charge is 0.253 e. The van der Waals surface area contributed by atoms with E-state index < -0.39 is 0 Å². The van der Waals surface area contributed by atoms with Crippen LogP contribution in [0.3, 0.4) is 0 Å². The lowest BCUT2D eigenvalue weighted by Crippen LogP contribution is -1.95. The molecule has 0 radical (unpaired) electrons. The highest BCUT2D eigenvalue weighted by atomic mass is 16.5. The lowest BCUT2D eigenvalue weighted by molar-refractivity contribution is 0.293. The highest BCUT2D eigenvalue weighted by Gasteiger charge is 2.01. The molecule has 0 bridgehead atoms. The van der Waals surface area contributed by atoms with E-state index in [0.717, 1.165) is 22.4 Å². The predicted octanol–water partition coefficient (Wildman–Crippen LogP) is 3.06. The number of nitrogens with one attached hydrogen (secondary N) is 1. The number of hydrogen-bond acceptors (Lipinski definition) is 4. The molecule has 0 saturated heterocycles. The summed E-state index contributed by atoms with van der Waals surface area (Å²) in [4.78, 5) is 0. The Labute approximate surface area is 122 Å². The van der Waals surface area contributed by atoms with Crippen molar-refractivity contribution < 1.29 is 9.47 Å². The van der Waals surface area contributed by atoms with Gasteiger partial charge in [0.25, 0.3) is 5.88 Å². The quantitative estimate of drug-likeness (QED) is 0.780. The first-order valence-corrected chi connectivity index (χ1v) is 6.57. The molecule has 106 valence electrons. The summed E-state index contributed by atoms with van der Waals surface area (Å²) >= 11 is 0. The highest BCUT2D eigenvalue weighted by molar-refractivity contribution is 5.64. The van der Waals surface area contributed by atoms with Gasteiger partial charge in [0, 0.05) is 0 Å². The summed E-state index contributed by atoms with van der Waals surface area (Å²) in [7, 11) is 1.67. The maximum absolute atomic E-state index is 5.49. The van der Waals surface area contributed by atoms with E-state index in [1.54, 1.807) is 13.3 Å². The monoisotopic (exact) mass is 281 g/mol. The molecule has 5 heteroatoms. The highest BCUT2D eigenvalue weighted by Crippen LogP contribution is 2.22. The predicted molar refractivity (Wildman–Crippen MR) is 79.1 cm³/mol. The first kappa shape index (κ1) is 13.2. The van der Waals surface area contributed by atoms with Crippen molar-refractivity contribution in [3.05, 3.63) is 60.3 Å². The Balaban J connectivity index is 1.68. The van der Waals surface area contributed by atoms with E-state index in [0.29, 0.717) is 12.5 Å². The molecule has 0 aliphatic carbocycles. The van der Waals surface area contributed by atoms with E-state index in [1.807, 2.05) is 36.4 Å². The van der Waals surface area contributed by atoms with Crippen LogP contribution in [0.4, 0.5) is 0 Å². The number of H-pyrrole nitrogens is 1. The average molecular weight is 281 g/mol. The number of aromatic nitrogens is 3. The summed E-state index contributed by atoms with van der Waals surface area (Å²) in [5.74, 6) is 1.35. The molecule has 2 aromatic carbocycles. The number of benzene rings is 2. The van der Waals surface area contributed by atoms with E-state index >= 15 is 0 Å². The number of aromatic amines is 1. The van der Waals surface area contributed by atoms with Gasteiger partial charge in [0.2, 0.25) is 0 Å². The average Bonchev–Trinajstić information content (AvgIpc) is 3.07. The molecule has 0 aliphatic heterocycles. The van der Waals surface area contributed by atoms with Gasteiger partial charge in [0.05, 0.1) is 7.11 Å². The maximum Gasteiger partial charge on any atom is 0.253 e. The second-order valence-corrected chi connectivity index (χ2v) is 4.52. The number of nitrogens with zero attached hydrogens (tertiary/aromatic N) is 2.